The molecule has 3 amide bonds. The number of carbonyl (C=O) groups is 5. The molecule has 0 aromatic heterocycles. The minimum absolute atomic E-state index is 0.0780. The molecule has 1 saturated heterocycles. The first-order valence-electron chi connectivity index (χ1n) is 11.3. The molecule has 2 aliphatic rings. The smallest absolute Gasteiger partial charge is 0.481 e. The maximum absolute atomic E-state index is 12.4. The Morgan fingerprint density at radius 1 is 1.08 bits per heavy atom. The lowest BCUT2D eigenvalue weighted by molar-refractivity contribution is -0.177. The summed E-state index contributed by atoms with van der Waals surface area (Å²) in [5.41, 5.74) is 2.99. The van der Waals surface area contributed by atoms with Crippen molar-refractivity contribution >= 4 is 46.9 Å². The van der Waals surface area contributed by atoms with Crippen molar-refractivity contribution in [3.63, 3.8) is 0 Å². The lowest BCUT2D eigenvalue weighted by atomic mass is 9.97. The first kappa shape index (κ1) is 26.8. The van der Waals surface area contributed by atoms with Gasteiger partial charge >= 0.3 is 23.5 Å². The second-order valence-electron chi connectivity index (χ2n) is 8.63. The van der Waals surface area contributed by atoms with Crippen molar-refractivity contribution < 1.29 is 51.6 Å². The maximum atomic E-state index is 12.4. The summed E-state index contributed by atoms with van der Waals surface area (Å²) in [7, 11) is 0. The van der Waals surface area contributed by atoms with E-state index in [1.54, 1.807) is 24.3 Å². The number of hydroxylamine groups is 2. The van der Waals surface area contributed by atoms with E-state index in [1.165, 1.54) is 19.1 Å². The number of nitrogens with zero attached hydrogens (tertiary/aromatic N) is 1. The Kier molecular flexibility index (Phi) is 7.73. The Hall–Kier alpha value is -4.30. The molecule has 3 atom stereocenters. The highest BCUT2D eigenvalue weighted by Gasteiger charge is 2.35. The van der Waals surface area contributed by atoms with Crippen molar-refractivity contribution in [3.8, 4) is 16.9 Å². The van der Waals surface area contributed by atoms with Crippen molar-refractivity contribution in [3.05, 3.63) is 47.5 Å². The predicted molar refractivity (Wildman–Crippen MR) is 129 cm³/mol. The van der Waals surface area contributed by atoms with E-state index in [-0.39, 0.29) is 31.6 Å². The third kappa shape index (κ3) is 5.81. The van der Waals surface area contributed by atoms with Crippen LogP contribution in [0, 0.1) is 5.92 Å². The number of anilines is 1. The van der Waals surface area contributed by atoms with Crippen LogP contribution in [0.15, 0.2) is 36.4 Å². The zero-order chi connectivity index (χ0) is 27.6. The molecule has 2 aromatic carbocycles. The molecule has 14 heteroatoms. The fourth-order valence-electron chi connectivity index (χ4n) is 4.26. The first-order valence-corrected chi connectivity index (χ1v) is 12.4. The van der Waals surface area contributed by atoms with E-state index in [4.69, 9.17) is 23.4 Å². The van der Waals surface area contributed by atoms with E-state index in [0.29, 0.717) is 27.4 Å². The molecule has 13 nitrogen and oxygen atoms in total. The molecule has 0 saturated carbocycles. The fraction of sp³-hybridized carbons (Fsp3) is 0.292. The quantitative estimate of drug-likeness (QED) is 0.238. The van der Waals surface area contributed by atoms with Crippen LogP contribution in [0.25, 0.3) is 11.1 Å². The van der Waals surface area contributed by atoms with E-state index in [2.05, 4.69) is 5.32 Å². The third-order valence-electron chi connectivity index (χ3n) is 6.02. The van der Waals surface area contributed by atoms with Crippen molar-refractivity contribution in [2.24, 2.45) is 5.92 Å². The van der Waals surface area contributed by atoms with Gasteiger partial charge in [-0.05, 0) is 46.5 Å². The third-order valence-corrected chi connectivity index (χ3v) is 6.35. The number of imide groups is 1. The van der Waals surface area contributed by atoms with E-state index < -0.39 is 53.0 Å². The van der Waals surface area contributed by atoms with E-state index in [9.17, 15) is 28.2 Å². The second-order valence-corrected chi connectivity index (χ2v) is 9.23. The molecular weight excluding hydrogens is 524 g/mol. The lowest BCUT2D eigenvalue weighted by Crippen LogP contribution is -2.32. The molecule has 1 aliphatic heterocycles. The van der Waals surface area contributed by atoms with Gasteiger partial charge in [0.2, 0.25) is 5.91 Å². The summed E-state index contributed by atoms with van der Waals surface area (Å²) >= 11 is -2.58. The van der Waals surface area contributed by atoms with Crippen LogP contribution in [-0.2, 0) is 40.1 Å². The van der Waals surface area contributed by atoms with E-state index in [0.717, 1.165) is 5.56 Å². The summed E-state index contributed by atoms with van der Waals surface area (Å²) in [4.78, 5) is 63.8. The number of aliphatic carboxylic acids is 1. The van der Waals surface area contributed by atoms with Gasteiger partial charge in [-0.3, -0.25) is 28.6 Å². The summed E-state index contributed by atoms with van der Waals surface area (Å²) in [5, 5.41) is 12.0. The number of ether oxygens (including phenoxy) is 1. The van der Waals surface area contributed by atoms with Crippen LogP contribution in [0.1, 0.15) is 43.2 Å². The number of benzene rings is 2. The van der Waals surface area contributed by atoms with Crippen LogP contribution >= 0.6 is 0 Å². The number of rotatable bonds is 9. The number of carbonyl (C=O) groups excluding carboxylic acids is 4. The standard InChI is InChI=1S/C24H22N2O11S/c1-12(8-22(29)30)23(31)25-13-2-4-15-16-5-3-14(37-38(33)34)10-18(16)19(17(15)9-13)11-35-24(32)36-26-20(27)6-7-21(26)28/h2-5,9-10,12,19H,6-8,11H2,1H3,(H,25,31)(H,29,30)(H,33,34). The van der Waals surface area contributed by atoms with Crippen LogP contribution in [0.2, 0.25) is 0 Å². The summed E-state index contributed by atoms with van der Waals surface area (Å²) < 4.78 is 30.3. The van der Waals surface area contributed by atoms with Crippen LogP contribution in [0.3, 0.4) is 0 Å². The molecule has 0 radical (unpaired) electrons. The number of carboxylic acids is 1. The Balaban J connectivity index is 1.58. The first-order chi connectivity index (χ1) is 18.0. The van der Waals surface area contributed by atoms with Crippen LogP contribution in [-0.4, -0.2) is 55.4 Å². The molecular formula is C24H22N2O11S. The Labute approximate surface area is 218 Å². The lowest BCUT2D eigenvalue weighted by Gasteiger charge is -2.17. The number of nitrogens with one attached hydrogen (secondary N) is 1. The Morgan fingerprint density at radius 2 is 1.71 bits per heavy atom. The van der Waals surface area contributed by atoms with Crippen molar-refractivity contribution in [1.29, 1.82) is 0 Å². The number of hydrogen-bond acceptors (Lipinski definition) is 9. The monoisotopic (exact) mass is 546 g/mol. The van der Waals surface area contributed by atoms with Gasteiger partial charge in [-0.15, -0.1) is 0 Å². The van der Waals surface area contributed by atoms with Gasteiger partial charge in [-0.2, -0.15) is 4.21 Å². The molecule has 38 heavy (non-hydrogen) atoms. The summed E-state index contributed by atoms with van der Waals surface area (Å²) in [5.74, 6) is -4.31. The van der Waals surface area contributed by atoms with Gasteiger partial charge in [-0.1, -0.05) is 24.1 Å². The average Bonchev–Trinajstić information content (AvgIpc) is 3.32. The molecule has 2 aromatic rings. The van der Waals surface area contributed by atoms with Crippen molar-refractivity contribution in [2.45, 2.75) is 32.1 Å². The van der Waals surface area contributed by atoms with Gasteiger partial charge in [0.05, 0.1) is 6.42 Å². The van der Waals surface area contributed by atoms with E-state index in [1.807, 2.05) is 0 Å². The molecule has 200 valence electrons. The van der Waals surface area contributed by atoms with Gasteiger partial charge in [0.15, 0.2) is 0 Å². The molecule has 3 N–H and O–H groups in total. The SMILES string of the molecule is CC(CC(=O)O)C(=O)Nc1ccc2c(c1)C(COC(=O)ON1C(=O)CCC1=O)c1cc(OS(=O)O)ccc1-2. The highest BCUT2D eigenvalue weighted by molar-refractivity contribution is 7.74. The Bertz CT molecular complexity index is 1340. The minimum atomic E-state index is -2.58. The zero-order valence-electron chi connectivity index (χ0n) is 19.9. The molecule has 1 fully saturated rings. The molecule has 3 unspecified atom stereocenters. The molecule has 4 rings (SSSR count). The van der Waals surface area contributed by atoms with Crippen molar-refractivity contribution in [2.75, 3.05) is 11.9 Å². The normalized spacial score (nSPS) is 17.3. The summed E-state index contributed by atoms with van der Waals surface area (Å²) in [6.07, 6.45) is -1.79. The minimum Gasteiger partial charge on any atom is -0.481 e. The molecule has 1 heterocycles. The summed E-state index contributed by atoms with van der Waals surface area (Å²) in [6.45, 7) is 1.17. The zero-order valence-corrected chi connectivity index (χ0v) is 20.7. The van der Waals surface area contributed by atoms with Gasteiger partial charge in [0, 0.05) is 30.4 Å². The number of carboxylic acid groups (broad SMARTS) is 1. The number of amides is 3. The highest BCUT2D eigenvalue weighted by atomic mass is 32.2. The van der Waals surface area contributed by atoms with Gasteiger partial charge < -0.3 is 19.3 Å². The molecule has 0 spiro atoms. The van der Waals surface area contributed by atoms with Crippen LogP contribution in [0.5, 0.6) is 5.75 Å². The van der Waals surface area contributed by atoms with Crippen LogP contribution < -0.4 is 9.50 Å². The average molecular weight is 547 g/mol. The second kappa shape index (κ2) is 11.0. The highest BCUT2D eigenvalue weighted by Crippen LogP contribution is 2.47. The topological polar surface area (TPSA) is 186 Å². The molecule has 0 bridgehead atoms. The van der Waals surface area contributed by atoms with Crippen molar-refractivity contribution in [1.82, 2.24) is 5.06 Å². The summed E-state index contributed by atoms with van der Waals surface area (Å²) in [6, 6.07) is 9.63. The van der Waals surface area contributed by atoms with Crippen LogP contribution in [0.4, 0.5) is 10.5 Å². The fourth-order valence-corrected chi connectivity index (χ4v) is 4.53. The van der Waals surface area contributed by atoms with Gasteiger partial charge in [-0.25, -0.2) is 4.79 Å². The maximum Gasteiger partial charge on any atom is 0.533 e. The number of fused-ring (bicyclic) bond motifs is 3. The number of hydrogen-bond donors (Lipinski definition) is 3. The largest absolute Gasteiger partial charge is 0.533 e. The Morgan fingerprint density at radius 3 is 2.34 bits per heavy atom. The molecule has 1 aliphatic carbocycles. The van der Waals surface area contributed by atoms with Gasteiger partial charge in [0.1, 0.15) is 12.4 Å². The van der Waals surface area contributed by atoms with E-state index >= 15 is 0 Å². The van der Waals surface area contributed by atoms with Gasteiger partial charge in [0.25, 0.3) is 11.8 Å². The predicted octanol–water partition coefficient (Wildman–Crippen LogP) is 2.58.